The van der Waals surface area contributed by atoms with Crippen LogP contribution in [0, 0.1) is 11.8 Å². The summed E-state index contributed by atoms with van der Waals surface area (Å²) in [5.74, 6) is 5.18. The second-order valence-corrected chi connectivity index (χ2v) is 14.8. The largest absolute Gasteiger partial charge is 0.443 e. The van der Waals surface area contributed by atoms with Gasteiger partial charge in [0.1, 0.15) is 11.3 Å². The molecule has 4 aromatic rings. The third-order valence-electron chi connectivity index (χ3n) is 9.39. The molecule has 0 aliphatic carbocycles. The van der Waals surface area contributed by atoms with E-state index in [1.807, 2.05) is 11.6 Å². The van der Waals surface area contributed by atoms with E-state index in [4.69, 9.17) is 10.5 Å². The zero-order valence-electron chi connectivity index (χ0n) is 31.3. The maximum Gasteiger partial charge on any atom is 0.418 e. The number of rotatable bonds is 6. The molecule has 12 nitrogen and oxygen atoms in total. The fourth-order valence-corrected chi connectivity index (χ4v) is 6.64. The van der Waals surface area contributed by atoms with Gasteiger partial charge < -0.3 is 30.6 Å². The molecule has 55 heavy (non-hydrogen) atoms. The van der Waals surface area contributed by atoms with Crippen LogP contribution in [-0.4, -0.2) is 80.6 Å². The van der Waals surface area contributed by atoms with E-state index in [-0.39, 0.29) is 36.3 Å². The van der Waals surface area contributed by atoms with Gasteiger partial charge in [-0.3, -0.25) is 9.59 Å². The van der Waals surface area contributed by atoms with Gasteiger partial charge in [0.05, 0.1) is 28.8 Å². The van der Waals surface area contributed by atoms with E-state index in [1.54, 1.807) is 58.2 Å². The number of fused-ring (bicyclic) bond motifs is 1. The Morgan fingerprint density at radius 1 is 1.02 bits per heavy atom. The van der Waals surface area contributed by atoms with Gasteiger partial charge in [-0.2, -0.15) is 13.2 Å². The smallest absolute Gasteiger partial charge is 0.418 e. The second-order valence-electron chi connectivity index (χ2n) is 14.8. The molecule has 0 bridgehead atoms. The molecule has 0 saturated carbocycles. The van der Waals surface area contributed by atoms with Gasteiger partial charge in [-0.25, -0.2) is 19.7 Å². The standard InChI is InChI=1S/C40H43F3N8O4/c1-39(2,3)55-38(54)51-18-15-32-29(36(51)53)22-33(50(32)5)35-26(23-45-37(44)48-35)10-9-24-7-6-8-25(19-24)20-34(52)47-28-11-12-31(30(21-28)40(41,42)43)46-27-13-16-49(4)17-14-27/h6-8,11-12,19,21-23,27,46H,13-18,20H2,1-5H3,(H,47,52)(H2,44,45,48). The predicted molar refractivity (Wildman–Crippen MR) is 202 cm³/mol. The molecule has 2 aromatic heterocycles. The molecule has 4 heterocycles. The van der Waals surface area contributed by atoms with Crippen molar-refractivity contribution in [2.45, 2.75) is 64.3 Å². The lowest BCUT2D eigenvalue weighted by Crippen LogP contribution is -2.44. The Morgan fingerprint density at radius 2 is 1.76 bits per heavy atom. The van der Waals surface area contributed by atoms with Gasteiger partial charge in [0, 0.05) is 54.9 Å². The predicted octanol–water partition coefficient (Wildman–Crippen LogP) is 6.10. The molecule has 2 aliphatic rings. The van der Waals surface area contributed by atoms with Crippen LogP contribution in [0.25, 0.3) is 11.4 Å². The molecular weight excluding hydrogens is 713 g/mol. The lowest BCUT2D eigenvalue weighted by Gasteiger charge is -2.31. The molecule has 1 fully saturated rings. The van der Waals surface area contributed by atoms with Crippen molar-refractivity contribution in [1.82, 2.24) is 24.3 Å². The quantitative estimate of drug-likeness (QED) is 0.199. The molecule has 0 spiro atoms. The van der Waals surface area contributed by atoms with E-state index in [0.717, 1.165) is 42.6 Å². The Kier molecular flexibility index (Phi) is 10.9. The number of aromatic nitrogens is 3. The minimum absolute atomic E-state index is 0.0000459. The van der Waals surface area contributed by atoms with Crippen molar-refractivity contribution in [1.29, 1.82) is 0 Å². The van der Waals surface area contributed by atoms with Crippen LogP contribution in [0.1, 0.15) is 71.9 Å². The normalized spacial score (nSPS) is 15.2. The number of hydrogen-bond acceptors (Lipinski definition) is 9. The minimum atomic E-state index is -4.61. The van der Waals surface area contributed by atoms with Crippen molar-refractivity contribution in [2.24, 2.45) is 7.05 Å². The SMILES string of the molecule is CN1CCC(Nc2ccc(NC(=O)Cc3cccc(C#Cc4cnc(N)nc4-c4cc5c(n4C)CCN(C(=O)OC(C)(C)C)C5=O)c3)cc2C(F)(F)F)CC1. The van der Waals surface area contributed by atoms with Gasteiger partial charge in [-0.05, 0) is 95.7 Å². The van der Waals surface area contributed by atoms with Crippen molar-refractivity contribution < 1.29 is 32.3 Å². The summed E-state index contributed by atoms with van der Waals surface area (Å²) >= 11 is 0. The molecule has 288 valence electrons. The summed E-state index contributed by atoms with van der Waals surface area (Å²) < 4.78 is 49.5. The Balaban J connectivity index is 1.17. The molecule has 2 aliphatic heterocycles. The average Bonchev–Trinajstić information content (AvgIpc) is 3.45. The number of benzene rings is 2. The van der Waals surface area contributed by atoms with E-state index in [2.05, 4.69) is 37.3 Å². The molecule has 2 aromatic carbocycles. The van der Waals surface area contributed by atoms with Crippen LogP contribution in [0.4, 0.5) is 35.3 Å². The van der Waals surface area contributed by atoms with Crippen molar-refractivity contribution >= 4 is 35.2 Å². The van der Waals surface area contributed by atoms with Gasteiger partial charge in [0.15, 0.2) is 0 Å². The Hall–Kier alpha value is -5.88. The van der Waals surface area contributed by atoms with Crippen molar-refractivity contribution in [2.75, 3.05) is 43.0 Å². The average molecular weight is 757 g/mol. The number of halogens is 3. The Morgan fingerprint density at radius 3 is 2.47 bits per heavy atom. The number of carbonyl (C=O) groups is 3. The van der Waals surface area contributed by atoms with Crippen LogP contribution in [0.5, 0.6) is 0 Å². The van der Waals surface area contributed by atoms with E-state index in [0.29, 0.717) is 40.1 Å². The lowest BCUT2D eigenvalue weighted by atomic mass is 10.0. The first kappa shape index (κ1) is 38.8. The fraction of sp³-hybridized carbons (Fsp3) is 0.375. The van der Waals surface area contributed by atoms with Crippen LogP contribution < -0.4 is 16.4 Å². The summed E-state index contributed by atoms with van der Waals surface area (Å²) in [7, 11) is 3.78. The van der Waals surface area contributed by atoms with Crippen molar-refractivity contribution in [3.63, 3.8) is 0 Å². The van der Waals surface area contributed by atoms with Gasteiger partial charge in [-0.1, -0.05) is 24.0 Å². The topological polar surface area (TPSA) is 148 Å². The highest BCUT2D eigenvalue weighted by Gasteiger charge is 2.36. The number of alkyl halides is 3. The molecule has 15 heteroatoms. The number of carbonyl (C=O) groups excluding carboxylic acids is 3. The van der Waals surface area contributed by atoms with Gasteiger partial charge >= 0.3 is 12.3 Å². The zero-order chi connectivity index (χ0) is 39.7. The number of piperidine rings is 1. The van der Waals surface area contributed by atoms with Crippen molar-refractivity contribution in [3.05, 3.63) is 88.2 Å². The van der Waals surface area contributed by atoms with E-state index in [1.165, 1.54) is 18.3 Å². The molecular formula is C40H43F3N8O4. The van der Waals surface area contributed by atoms with Crippen LogP contribution in [-0.2, 0) is 35.6 Å². The number of anilines is 3. The highest BCUT2D eigenvalue weighted by molar-refractivity contribution is 6.05. The van der Waals surface area contributed by atoms with E-state index < -0.39 is 35.2 Å². The number of likely N-dealkylation sites (tertiary alicyclic amines) is 1. The summed E-state index contributed by atoms with van der Waals surface area (Å²) in [6.07, 6.45) is -2.08. The van der Waals surface area contributed by atoms with Crippen molar-refractivity contribution in [3.8, 4) is 23.2 Å². The van der Waals surface area contributed by atoms with Gasteiger partial charge in [0.25, 0.3) is 5.91 Å². The van der Waals surface area contributed by atoms with Gasteiger partial charge in [-0.15, -0.1) is 0 Å². The highest BCUT2D eigenvalue weighted by atomic mass is 19.4. The number of nitrogens with two attached hydrogens (primary N) is 1. The summed E-state index contributed by atoms with van der Waals surface area (Å²) in [6, 6.07) is 12.3. The van der Waals surface area contributed by atoms with Crippen LogP contribution in [0.3, 0.4) is 0 Å². The fourth-order valence-electron chi connectivity index (χ4n) is 6.64. The maximum absolute atomic E-state index is 14.1. The number of hydrogen-bond donors (Lipinski definition) is 3. The number of nitrogens with zero attached hydrogens (tertiary/aromatic N) is 5. The van der Waals surface area contributed by atoms with Crippen LogP contribution >= 0.6 is 0 Å². The minimum Gasteiger partial charge on any atom is -0.443 e. The first-order valence-electron chi connectivity index (χ1n) is 17.9. The summed E-state index contributed by atoms with van der Waals surface area (Å²) in [6.45, 7) is 6.95. The molecule has 1 saturated heterocycles. The molecule has 0 unspecified atom stereocenters. The third-order valence-corrected chi connectivity index (χ3v) is 9.39. The number of imide groups is 1. The molecule has 3 amide bonds. The first-order chi connectivity index (χ1) is 25.9. The van der Waals surface area contributed by atoms with E-state index >= 15 is 0 Å². The monoisotopic (exact) mass is 756 g/mol. The maximum atomic E-state index is 14.1. The first-order valence-corrected chi connectivity index (χ1v) is 17.9. The number of amides is 3. The summed E-state index contributed by atoms with van der Waals surface area (Å²) in [5.41, 5.74) is 7.98. The zero-order valence-corrected chi connectivity index (χ0v) is 31.3. The summed E-state index contributed by atoms with van der Waals surface area (Å²) in [5, 5.41) is 5.65. The number of nitrogens with one attached hydrogen (secondary N) is 2. The second kappa shape index (κ2) is 15.5. The third kappa shape index (κ3) is 9.26. The van der Waals surface area contributed by atoms with Gasteiger partial charge in [0.2, 0.25) is 11.9 Å². The Bertz CT molecular complexity index is 2190. The lowest BCUT2D eigenvalue weighted by molar-refractivity contribution is -0.137. The molecule has 0 radical (unpaired) electrons. The Labute approximate surface area is 317 Å². The van der Waals surface area contributed by atoms with Crippen LogP contribution in [0.15, 0.2) is 54.7 Å². The number of ether oxygens (including phenoxy) is 1. The summed E-state index contributed by atoms with van der Waals surface area (Å²) in [4.78, 5) is 51.0. The highest BCUT2D eigenvalue weighted by Crippen LogP contribution is 2.37. The molecule has 6 rings (SSSR count). The van der Waals surface area contributed by atoms with Crippen LogP contribution in [0.2, 0.25) is 0 Å². The molecule has 4 N–H and O–H groups in total. The van der Waals surface area contributed by atoms with E-state index in [9.17, 15) is 27.6 Å². The number of nitrogen functional groups attached to an aromatic ring is 1. The molecule has 0 atom stereocenters.